The number of aliphatic hydroxyl groups excluding tert-OH is 1. The van der Waals surface area contributed by atoms with E-state index in [1.54, 1.807) is 0 Å². The molecule has 2 atom stereocenters. The molecule has 212 valence electrons. The molecule has 0 heterocycles. The molecule has 1 fully saturated rings. The van der Waals surface area contributed by atoms with Crippen LogP contribution in [0.25, 0.3) is 12.2 Å². The monoisotopic (exact) mass is 548 g/mol. The fraction of sp³-hybridized carbons (Fsp3) is 0.296. The van der Waals surface area contributed by atoms with Gasteiger partial charge in [-0.2, -0.15) is 0 Å². The highest BCUT2D eigenvalue weighted by molar-refractivity contribution is 5.88. The maximum absolute atomic E-state index is 12.3. The summed E-state index contributed by atoms with van der Waals surface area (Å²) in [5.41, 5.74) is -1.84. The van der Waals surface area contributed by atoms with Gasteiger partial charge in [-0.3, -0.25) is 0 Å². The summed E-state index contributed by atoms with van der Waals surface area (Å²) in [6.07, 6.45) is -1.86. The summed E-state index contributed by atoms with van der Waals surface area (Å²) in [6.45, 7) is 0. The molecule has 0 aromatic heterocycles. The number of carbonyl (C=O) groups excluding carboxylic acids is 2. The highest BCUT2D eigenvalue weighted by atomic mass is 16.6. The van der Waals surface area contributed by atoms with Gasteiger partial charge in [0.1, 0.15) is 18.3 Å². The second-order valence-electron chi connectivity index (χ2n) is 8.35. The van der Waals surface area contributed by atoms with Crippen LogP contribution in [0.1, 0.15) is 38.8 Å². The normalized spacial score (nSPS) is 22.5. The van der Waals surface area contributed by atoms with Crippen LogP contribution in [0.3, 0.4) is 0 Å². The van der Waals surface area contributed by atoms with Crippen LogP contribution in [0, 0.1) is 0 Å². The van der Waals surface area contributed by atoms with Crippen LogP contribution < -0.4 is 0 Å². The fourth-order valence-electron chi connectivity index (χ4n) is 3.62. The van der Waals surface area contributed by atoms with Crippen molar-refractivity contribution in [2.24, 2.45) is 0 Å². The Balaban J connectivity index is 0.00000380. The van der Waals surface area contributed by atoms with E-state index >= 15 is 0 Å². The molecule has 0 spiro atoms. The first-order valence-electron chi connectivity index (χ1n) is 10.8. The second-order valence-corrected chi connectivity index (χ2v) is 8.35. The van der Waals surface area contributed by atoms with Crippen LogP contribution in [0.4, 0.5) is 0 Å². The van der Waals surface area contributed by atoms with Gasteiger partial charge in [-0.1, -0.05) is 27.0 Å². The molecule has 0 bridgehead atoms. The largest absolute Gasteiger partial charge is 0.504 e. The van der Waals surface area contributed by atoms with Crippen molar-refractivity contribution in [3.63, 3.8) is 0 Å². The number of carboxylic acid groups (broad SMARTS) is 1. The van der Waals surface area contributed by atoms with Crippen molar-refractivity contribution in [2.45, 2.75) is 51.6 Å². The van der Waals surface area contributed by atoms with Crippen molar-refractivity contribution in [2.75, 3.05) is 0 Å². The maximum atomic E-state index is 12.3. The van der Waals surface area contributed by atoms with Crippen molar-refractivity contribution >= 4 is 30.1 Å². The zero-order valence-corrected chi connectivity index (χ0v) is 19.1. The van der Waals surface area contributed by atoms with Crippen LogP contribution in [0.15, 0.2) is 48.6 Å². The fourth-order valence-corrected chi connectivity index (χ4v) is 3.62. The zero-order chi connectivity index (χ0) is 27.3. The summed E-state index contributed by atoms with van der Waals surface area (Å²) in [5, 5.41) is 68.3. The number of aromatic hydroxyl groups is 4. The van der Waals surface area contributed by atoms with E-state index < -0.39 is 66.2 Å². The molecule has 7 N–H and O–H groups in total. The Morgan fingerprint density at radius 3 is 1.46 bits per heavy atom. The molecule has 12 nitrogen and oxygen atoms in total. The Kier molecular flexibility index (Phi) is 11.1. The van der Waals surface area contributed by atoms with E-state index in [2.05, 4.69) is 0 Å². The van der Waals surface area contributed by atoms with Gasteiger partial charge in [0.2, 0.25) is 0 Å². The summed E-state index contributed by atoms with van der Waals surface area (Å²) in [6, 6.07) is 7.49. The van der Waals surface area contributed by atoms with Crippen molar-refractivity contribution in [3.8, 4) is 23.0 Å². The van der Waals surface area contributed by atoms with E-state index in [4.69, 9.17) is 9.47 Å². The van der Waals surface area contributed by atoms with Crippen LogP contribution in [-0.2, 0) is 23.9 Å². The first-order chi connectivity index (χ1) is 17.4. The minimum atomic E-state index is -2.48. The number of phenolic OH excluding ortho intramolecular Hbond substituents is 4. The average molecular weight is 549 g/mol. The third-order valence-corrected chi connectivity index (χ3v) is 5.60. The second kappa shape index (κ2) is 13.3. The summed E-state index contributed by atoms with van der Waals surface area (Å²) < 4.78 is 10.2. The lowest BCUT2D eigenvalue weighted by molar-refractivity contribution is -0.203. The predicted octanol–water partition coefficient (Wildman–Crippen LogP) is 2.30. The van der Waals surface area contributed by atoms with Crippen LogP contribution in [0.2, 0.25) is 0 Å². The molecule has 1 aliphatic rings. The van der Waals surface area contributed by atoms with Gasteiger partial charge in [-0.05, 0) is 47.5 Å². The van der Waals surface area contributed by atoms with Crippen molar-refractivity contribution in [1.82, 2.24) is 0 Å². The predicted molar refractivity (Wildman–Crippen MR) is 139 cm³/mol. The summed E-state index contributed by atoms with van der Waals surface area (Å²) in [7, 11) is 0. The van der Waals surface area contributed by atoms with Gasteiger partial charge in [0, 0.05) is 25.0 Å². The van der Waals surface area contributed by atoms with Crippen molar-refractivity contribution < 1.29 is 59.6 Å². The van der Waals surface area contributed by atoms with Gasteiger partial charge in [-0.25, -0.2) is 14.4 Å². The number of hydrogen-bond donors (Lipinski definition) is 7. The Labute approximate surface area is 224 Å². The summed E-state index contributed by atoms with van der Waals surface area (Å²) >= 11 is 0. The van der Waals surface area contributed by atoms with E-state index in [1.165, 1.54) is 48.6 Å². The Morgan fingerprint density at radius 1 is 0.744 bits per heavy atom. The number of rotatable bonds is 7. The lowest BCUT2D eigenvalue weighted by Gasteiger charge is -2.40. The van der Waals surface area contributed by atoms with E-state index in [0.717, 1.165) is 12.2 Å². The van der Waals surface area contributed by atoms with Gasteiger partial charge in [0.05, 0.1) is 0 Å². The molecule has 39 heavy (non-hydrogen) atoms. The Bertz CT molecular complexity index is 1160. The van der Waals surface area contributed by atoms with E-state index in [-0.39, 0.29) is 26.4 Å². The molecule has 2 unspecified atom stereocenters. The Morgan fingerprint density at radius 2 is 1.13 bits per heavy atom. The minimum absolute atomic E-state index is 0. The van der Waals surface area contributed by atoms with Gasteiger partial charge < -0.3 is 45.2 Å². The maximum Gasteiger partial charge on any atom is 0.335 e. The van der Waals surface area contributed by atoms with Gasteiger partial charge in [-0.15, -0.1) is 0 Å². The first kappa shape index (κ1) is 32.5. The third kappa shape index (κ3) is 8.22. The van der Waals surface area contributed by atoms with E-state index in [1.807, 2.05) is 0 Å². The number of hydrogen-bond acceptors (Lipinski definition) is 11. The minimum Gasteiger partial charge on any atom is -0.504 e. The number of benzene rings is 2. The molecule has 0 radical (unpaired) electrons. The number of aliphatic hydroxyl groups is 2. The standard InChI is InChI=1S/C25H24O12.2CH4/c26-15-5-1-13(9-17(15)28)3-7-21(30)36-19-11-25(35,24(33)34)12-20(23(19)32)37-22(31)8-4-14-2-6-16(27)18(29)10-14;;/h1-10,19-20,23,26-29,32,35H,11-12H2,(H,33,34);2*1H4. The Hall–Kier alpha value is -4.55. The lowest BCUT2D eigenvalue weighted by Crippen LogP contribution is -2.58. The number of esters is 2. The van der Waals surface area contributed by atoms with Crippen LogP contribution >= 0.6 is 0 Å². The van der Waals surface area contributed by atoms with E-state index in [9.17, 15) is 50.1 Å². The van der Waals surface area contributed by atoms with Gasteiger partial charge >= 0.3 is 17.9 Å². The molecule has 0 aliphatic heterocycles. The highest BCUT2D eigenvalue weighted by Gasteiger charge is 2.52. The van der Waals surface area contributed by atoms with Gasteiger partial charge in [0.15, 0.2) is 28.6 Å². The molecule has 2 aromatic rings. The number of phenols is 4. The number of aliphatic carboxylic acids is 1. The van der Waals surface area contributed by atoms with Gasteiger partial charge in [0.25, 0.3) is 0 Å². The zero-order valence-electron chi connectivity index (χ0n) is 19.1. The number of carbonyl (C=O) groups is 3. The molecule has 0 saturated heterocycles. The van der Waals surface area contributed by atoms with Crippen molar-refractivity contribution in [1.29, 1.82) is 0 Å². The lowest BCUT2D eigenvalue weighted by atomic mass is 9.79. The quantitative estimate of drug-likeness (QED) is 0.151. The van der Waals surface area contributed by atoms with Crippen molar-refractivity contribution in [3.05, 3.63) is 59.7 Å². The summed E-state index contributed by atoms with van der Waals surface area (Å²) in [5.74, 6) is -5.31. The molecule has 3 rings (SSSR count). The molecule has 1 saturated carbocycles. The molecule has 0 amide bonds. The number of ether oxygens (including phenoxy) is 2. The molecule has 1 aliphatic carbocycles. The smallest absolute Gasteiger partial charge is 0.335 e. The number of carboxylic acids is 1. The molecule has 2 aromatic carbocycles. The van der Waals surface area contributed by atoms with E-state index in [0.29, 0.717) is 11.1 Å². The third-order valence-electron chi connectivity index (χ3n) is 5.60. The molecular formula is C27H32O12. The summed E-state index contributed by atoms with van der Waals surface area (Å²) in [4.78, 5) is 36.2. The molecular weight excluding hydrogens is 516 g/mol. The average Bonchev–Trinajstić information content (AvgIpc) is 2.83. The SMILES string of the molecule is C.C.O=C(C=Cc1ccc(O)c(O)c1)OC1CC(O)(C(=O)O)CC(OC(=O)C=Cc2ccc(O)c(O)c2)C1O. The first-order valence-corrected chi connectivity index (χ1v) is 10.8. The topological polar surface area (TPSA) is 211 Å². The highest BCUT2D eigenvalue weighted by Crippen LogP contribution is 2.33. The molecule has 12 heteroatoms. The van der Waals surface area contributed by atoms with Crippen LogP contribution in [0.5, 0.6) is 23.0 Å². The van der Waals surface area contributed by atoms with Crippen LogP contribution in [-0.4, -0.2) is 77.6 Å².